The van der Waals surface area contributed by atoms with Gasteiger partial charge in [0.1, 0.15) is 24.1 Å². The van der Waals surface area contributed by atoms with Gasteiger partial charge in [-0.15, -0.1) is 0 Å². The van der Waals surface area contributed by atoms with Gasteiger partial charge in [-0.3, -0.25) is 9.12 Å². The van der Waals surface area contributed by atoms with Crippen molar-refractivity contribution in [3.8, 4) is 0 Å². The van der Waals surface area contributed by atoms with Gasteiger partial charge in [-0.2, -0.15) is 12.7 Å². The van der Waals surface area contributed by atoms with E-state index in [2.05, 4.69) is 15.0 Å². The average molecular weight is 359 g/mol. The number of aromatic nitrogens is 4. The van der Waals surface area contributed by atoms with Crippen LogP contribution in [0.3, 0.4) is 0 Å². The van der Waals surface area contributed by atoms with E-state index in [-0.39, 0.29) is 0 Å². The van der Waals surface area contributed by atoms with E-state index < -0.39 is 35.0 Å². The third-order valence-corrected chi connectivity index (χ3v) is 4.91. The minimum atomic E-state index is -4.60. The van der Waals surface area contributed by atoms with Crippen LogP contribution in [0.4, 0.5) is 0 Å². The van der Waals surface area contributed by atoms with Crippen molar-refractivity contribution < 1.29 is 27.9 Å². The van der Waals surface area contributed by atoms with E-state index in [9.17, 15) is 18.6 Å². The molecule has 0 saturated carbocycles. The fourth-order valence-electron chi connectivity index (χ4n) is 2.65. The molecular formula is C12H17N5O6S. The Hall–Kier alpha value is -1.70. The molecule has 3 rings (SSSR count). The molecule has 0 bridgehead atoms. The van der Waals surface area contributed by atoms with Gasteiger partial charge in [-0.1, -0.05) is 6.92 Å². The van der Waals surface area contributed by atoms with Crippen LogP contribution in [0.25, 0.3) is 11.2 Å². The van der Waals surface area contributed by atoms with Crippen LogP contribution in [-0.2, 0) is 21.5 Å². The SMILES string of the molecule is CCc1ncnc2c1ncn2[C@@H]1O[C@@H](N(C)S(=O)(=O)O)[C@@H](O)[C@H]1O. The van der Waals surface area contributed by atoms with Gasteiger partial charge >= 0.3 is 10.3 Å². The Morgan fingerprint density at radius 1 is 1.29 bits per heavy atom. The predicted molar refractivity (Wildman–Crippen MR) is 79.9 cm³/mol. The Bertz CT molecular complexity index is 855. The zero-order chi connectivity index (χ0) is 17.6. The molecular weight excluding hydrogens is 342 g/mol. The number of aliphatic hydroxyl groups is 2. The van der Waals surface area contributed by atoms with Gasteiger partial charge < -0.3 is 14.9 Å². The molecule has 2 aromatic heterocycles. The number of aliphatic hydroxyl groups excluding tert-OH is 2. The van der Waals surface area contributed by atoms with Gasteiger partial charge in [-0.05, 0) is 6.42 Å². The van der Waals surface area contributed by atoms with Crippen molar-refractivity contribution in [3.05, 3.63) is 18.3 Å². The van der Waals surface area contributed by atoms with E-state index in [0.29, 0.717) is 27.6 Å². The number of imidazole rings is 1. The standard InChI is InChI=1S/C12H17N5O6S/c1-3-6-7-10(14-4-13-6)17(5-15-7)12-9(19)8(18)11(23-12)16(2)24(20,21)22/h4-5,8-9,11-12,18-19H,3H2,1-2H3,(H,20,21,22)/t8-,9+,11+,12+/m0/s1. The summed E-state index contributed by atoms with van der Waals surface area (Å²) in [7, 11) is -3.57. The maximum atomic E-state index is 11.2. The summed E-state index contributed by atoms with van der Waals surface area (Å²) in [6, 6.07) is 0. The van der Waals surface area contributed by atoms with Crippen LogP contribution in [0.2, 0.25) is 0 Å². The molecule has 0 amide bonds. The number of fused-ring (bicyclic) bond motifs is 1. The molecule has 0 spiro atoms. The molecule has 1 saturated heterocycles. The topological polar surface area (TPSA) is 151 Å². The van der Waals surface area contributed by atoms with Crippen molar-refractivity contribution in [1.82, 2.24) is 23.8 Å². The van der Waals surface area contributed by atoms with Crippen molar-refractivity contribution >= 4 is 21.5 Å². The van der Waals surface area contributed by atoms with E-state index in [1.165, 1.54) is 17.2 Å². The molecule has 24 heavy (non-hydrogen) atoms. The van der Waals surface area contributed by atoms with Gasteiger partial charge in [0.25, 0.3) is 0 Å². The molecule has 0 aromatic carbocycles. The number of hydrogen-bond donors (Lipinski definition) is 3. The highest BCUT2D eigenvalue weighted by Gasteiger charge is 2.48. The monoisotopic (exact) mass is 359 g/mol. The highest BCUT2D eigenvalue weighted by atomic mass is 32.2. The lowest BCUT2D eigenvalue weighted by molar-refractivity contribution is -0.0723. The highest BCUT2D eigenvalue weighted by Crippen LogP contribution is 2.33. The maximum Gasteiger partial charge on any atom is 0.337 e. The summed E-state index contributed by atoms with van der Waals surface area (Å²) in [6.07, 6.45) is -2.25. The van der Waals surface area contributed by atoms with Gasteiger partial charge in [-0.25, -0.2) is 15.0 Å². The summed E-state index contributed by atoms with van der Waals surface area (Å²) >= 11 is 0. The van der Waals surface area contributed by atoms with E-state index in [1.54, 1.807) is 0 Å². The third kappa shape index (κ3) is 2.66. The lowest BCUT2D eigenvalue weighted by Crippen LogP contribution is -2.44. The molecule has 12 heteroatoms. The molecule has 3 heterocycles. The fourth-order valence-corrected chi connectivity index (χ4v) is 3.09. The average Bonchev–Trinajstić information content (AvgIpc) is 3.08. The molecule has 0 unspecified atom stereocenters. The first kappa shape index (κ1) is 17.1. The quantitative estimate of drug-likeness (QED) is 0.566. The van der Waals surface area contributed by atoms with Crippen molar-refractivity contribution in [2.45, 2.75) is 38.0 Å². The van der Waals surface area contributed by atoms with E-state index in [1.807, 2.05) is 6.92 Å². The smallest absolute Gasteiger partial charge is 0.337 e. The first-order valence-corrected chi connectivity index (χ1v) is 8.53. The number of rotatable bonds is 4. The minimum absolute atomic E-state index is 0.383. The molecule has 2 aromatic rings. The predicted octanol–water partition coefficient (Wildman–Crippen LogP) is -1.30. The van der Waals surface area contributed by atoms with Crippen LogP contribution in [0.1, 0.15) is 18.8 Å². The largest absolute Gasteiger partial charge is 0.386 e. The Morgan fingerprint density at radius 2 is 2.00 bits per heavy atom. The van der Waals surface area contributed by atoms with E-state index >= 15 is 0 Å². The number of nitrogens with zero attached hydrogens (tertiary/aromatic N) is 5. The summed E-state index contributed by atoms with van der Waals surface area (Å²) in [4.78, 5) is 12.4. The molecule has 3 N–H and O–H groups in total. The minimum Gasteiger partial charge on any atom is -0.386 e. The Kier molecular flexibility index (Phi) is 4.27. The first-order valence-electron chi connectivity index (χ1n) is 7.14. The Balaban J connectivity index is 1.99. The van der Waals surface area contributed by atoms with Gasteiger partial charge in [0.05, 0.1) is 12.0 Å². The number of aryl methyl sites for hydroxylation is 1. The molecule has 0 aliphatic carbocycles. The van der Waals surface area contributed by atoms with Crippen LogP contribution in [0.15, 0.2) is 12.7 Å². The second-order valence-electron chi connectivity index (χ2n) is 5.39. The molecule has 0 radical (unpaired) electrons. The molecule has 4 atom stereocenters. The second kappa shape index (κ2) is 5.98. The normalized spacial score (nSPS) is 28.1. The van der Waals surface area contributed by atoms with Gasteiger partial charge in [0.2, 0.25) is 0 Å². The third-order valence-electron chi connectivity index (χ3n) is 3.98. The summed E-state index contributed by atoms with van der Waals surface area (Å²) in [5.41, 5.74) is 1.61. The number of likely N-dealkylation sites (N-methyl/N-ethyl adjacent to an activating group) is 1. The number of ether oxygens (including phenoxy) is 1. The molecule has 1 fully saturated rings. The second-order valence-corrected chi connectivity index (χ2v) is 6.86. The zero-order valence-electron chi connectivity index (χ0n) is 12.9. The van der Waals surface area contributed by atoms with Crippen LogP contribution >= 0.6 is 0 Å². The summed E-state index contributed by atoms with van der Waals surface area (Å²) in [5, 5.41) is 20.3. The fraction of sp³-hybridized carbons (Fsp3) is 0.583. The Morgan fingerprint density at radius 3 is 2.62 bits per heavy atom. The highest BCUT2D eigenvalue weighted by molar-refractivity contribution is 7.83. The van der Waals surface area contributed by atoms with Gasteiger partial charge in [0, 0.05) is 7.05 Å². The zero-order valence-corrected chi connectivity index (χ0v) is 13.7. The Labute approximate surface area is 137 Å². The van der Waals surface area contributed by atoms with Crippen molar-refractivity contribution in [2.24, 2.45) is 0 Å². The van der Waals surface area contributed by atoms with E-state index in [0.717, 1.165) is 7.05 Å². The van der Waals surface area contributed by atoms with Crippen LogP contribution < -0.4 is 0 Å². The van der Waals surface area contributed by atoms with Crippen molar-refractivity contribution in [3.63, 3.8) is 0 Å². The van der Waals surface area contributed by atoms with Crippen LogP contribution in [0.5, 0.6) is 0 Å². The molecule has 1 aliphatic heterocycles. The van der Waals surface area contributed by atoms with Gasteiger partial charge in [0.15, 0.2) is 18.1 Å². The summed E-state index contributed by atoms with van der Waals surface area (Å²) in [6.45, 7) is 1.91. The summed E-state index contributed by atoms with van der Waals surface area (Å²) < 4.78 is 38.8. The van der Waals surface area contributed by atoms with Crippen molar-refractivity contribution in [2.75, 3.05) is 7.05 Å². The molecule has 11 nitrogen and oxygen atoms in total. The maximum absolute atomic E-state index is 11.2. The lowest BCUT2D eigenvalue weighted by atomic mass is 10.2. The van der Waals surface area contributed by atoms with Crippen molar-refractivity contribution in [1.29, 1.82) is 0 Å². The summed E-state index contributed by atoms with van der Waals surface area (Å²) in [5.74, 6) is 0. The van der Waals surface area contributed by atoms with Crippen LogP contribution in [0, 0.1) is 0 Å². The first-order chi connectivity index (χ1) is 11.3. The van der Waals surface area contributed by atoms with E-state index in [4.69, 9.17) is 9.29 Å². The van der Waals surface area contributed by atoms with Crippen LogP contribution in [-0.4, -0.2) is 72.5 Å². The number of hydrogen-bond acceptors (Lipinski definition) is 8. The molecule has 132 valence electrons. The molecule has 1 aliphatic rings. The lowest BCUT2D eigenvalue weighted by Gasteiger charge is -2.22.